The van der Waals surface area contributed by atoms with Gasteiger partial charge in [-0.05, 0) is 36.2 Å². The van der Waals surface area contributed by atoms with Gasteiger partial charge in [0.25, 0.3) is 5.91 Å². The standard InChI is InChI=1S/C25H25ClN6O2/c1-15-9-16(5-6-20(15)28-2)10-22(33)31-7-8-32-21(14-31)23(25(27)34)24(29-32)17-11-18(26)13-19(12-17)30(3)4/h5-6,9,11-13H,7-8,10,14H2,1,3-4H3,(H2,27,34). The zero-order chi connectivity index (χ0) is 24.6. The minimum absolute atomic E-state index is 0.0583. The number of hydrogen-bond acceptors (Lipinski definition) is 4. The summed E-state index contributed by atoms with van der Waals surface area (Å²) < 4.78 is 1.75. The van der Waals surface area contributed by atoms with Gasteiger partial charge < -0.3 is 15.5 Å². The van der Waals surface area contributed by atoms with Gasteiger partial charge in [-0.2, -0.15) is 5.10 Å². The lowest BCUT2D eigenvalue weighted by atomic mass is 10.0. The van der Waals surface area contributed by atoms with E-state index in [1.165, 1.54) is 0 Å². The maximum Gasteiger partial charge on any atom is 0.252 e. The van der Waals surface area contributed by atoms with Crippen LogP contribution in [0.1, 0.15) is 27.2 Å². The van der Waals surface area contributed by atoms with Crippen molar-refractivity contribution in [1.82, 2.24) is 14.7 Å². The van der Waals surface area contributed by atoms with E-state index in [1.807, 2.05) is 44.1 Å². The normalized spacial score (nSPS) is 12.7. The number of aryl methyl sites for hydroxylation is 1. The van der Waals surface area contributed by atoms with Crippen LogP contribution in [0, 0.1) is 13.5 Å². The number of primary amides is 1. The van der Waals surface area contributed by atoms with E-state index in [4.69, 9.17) is 23.9 Å². The largest absolute Gasteiger partial charge is 0.378 e. The Hall–Kier alpha value is -3.83. The molecule has 0 spiro atoms. The first kappa shape index (κ1) is 23.3. The third-order valence-electron chi connectivity index (χ3n) is 5.99. The molecule has 2 heterocycles. The molecule has 34 heavy (non-hydrogen) atoms. The first-order chi connectivity index (χ1) is 16.2. The second-order valence-corrected chi connectivity index (χ2v) is 9.01. The third-order valence-corrected chi connectivity index (χ3v) is 6.21. The average molecular weight is 477 g/mol. The van der Waals surface area contributed by atoms with E-state index in [2.05, 4.69) is 9.94 Å². The summed E-state index contributed by atoms with van der Waals surface area (Å²) in [5.41, 5.74) is 11.0. The van der Waals surface area contributed by atoms with Gasteiger partial charge in [0.15, 0.2) is 5.69 Å². The van der Waals surface area contributed by atoms with Crippen LogP contribution in [0.5, 0.6) is 0 Å². The van der Waals surface area contributed by atoms with Crippen LogP contribution in [0.3, 0.4) is 0 Å². The molecule has 0 unspecified atom stereocenters. The number of carbonyl (C=O) groups is 2. The Bertz CT molecular complexity index is 1340. The molecule has 8 nitrogen and oxygen atoms in total. The summed E-state index contributed by atoms with van der Waals surface area (Å²) >= 11 is 6.33. The minimum Gasteiger partial charge on any atom is -0.378 e. The fourth-order valence-electron chi connectivity index (χ4n) is 4.20. The summed E-state index contributed by atoms with van der Waals surface area (Å²) in [6.45, 7) is 10.2. The van der Waals surface area contributed by atoms with Gasteiger partial charge in [-0.1, -0.05) is 29.8 Å². The van der Waals surface area contributed by atoms with Gasteiger partial charge in [-0.15, -0.1) is 0 Å². The average Bonchev–Trinajstić information content (AvgIpc) is 3.18. The van der Waals surface area contributed by atoms with E-state index in [0.29, 0.717) is 46.3 Å². The van der Waals surface area contributed by atoms with Crippen LogP contribution < -0.4 is 10.6 Å². The number of hydrogen-bond donors (Lipinski definition) is 1. The van der Waals surface area contributed by atoms with Crippen molar-refractivity contribution < 1.29 is 9.59 Å². The fraction of sp³-hybridized carbons (Fsp3) is 0.280. The molecule has 2 N–H and O–H groups in total. The molecule has 1 aromatic heterocycles. The Morgan fingerprint density at radius 3 is 2.62 bits per heavy atom. The Kier molecular flexibility index (Phi) is 6.31. The highest BCUT2D eigenvalue weighted by Crippen LogP contribution is 2.33. The van der Waals surface area contributed by atoms with Crippen molar-refractivity contribution in [3.05, 3.63) is 75.2 Å². The van der Waals surface area contributed by atoms with Crippen molar-refractivity contribution in [2.24, 2.45) is 5.73 Å². The number of carbonyl (C=O) groups excluding carboxylic acids is 2. The number of halogens is 1. The van der Waals surface area contributed by atoms with Crippen molar-refractivity contribution in [2.75, 3.05) is 25.5 Å². The fourth-order valence-corrected chi connectivity index (χ4v) is 4.43. The second-order valence-electron chi connectivity index (χ2n) is 8.57. The first-order valence-electron chi connectivity index (χ1n) is 10.8. The molecule has 0 fully saturated rings. The van der Waals surface area contributed by atoms with Crippen molar-refractivity contribution in [1.29, 1.82) is 0 Å². The topological polar surface area (TPSA) is 88.8 Å². The summed E-state index contributed by atoms with van der Waals surface area (Å²) in [6, 6.07) is 10.9. The molecule has 4 rings (SSSR count). The maximum absolute atomic E-state index is 13.1. The van der Waals surface area contributed by atoms with Crippen LogP contribution >= 0.6 is 11.6 Å². The molecule has 1 aliphatic heterocycles. The smallest absolute Gasteiger partial charge is 0.252 e. The molecule has 0 aliphatic carbocycles. The molecule has 9 heteroatoms. The quantitative estimate of drug-likeness (QED) is 0.567. The Morgan fingerprint density at radius 1 is 1.21 bits per heavy atom. The molecule has 0 saturated heterocycles. The predicted molar refractivity (Wildman–Crippen MR) is 132 cm³/mol. The van der Waals surface area contributed by atoms with Crippen molar-refractivity contribution >= 4 is 34.8 Å². The summed E-state index contributed by atoms with van der Waals surface area (Å²) in [4.78, 5) is 32.7. The highest BCUT2D eigenvalue weighted by atomic mass is 35.5. The number of aromatic nitrogens is 2. The van der Waals surface area contributed by atoms with E-state index in [0.717, 1.165) is 16.8 Å². The molecule has 174 valence electrons. The maximum atomic E-state index is 13.1. The summed E-state index contributed by atoms with van der Waals surface area (Å²) in [5, 5.41) is 5.19. The molecular formula is C25H25ClN6O2. The van der Waals surface area contributed by atoms with Gasteiger partial charge in [0.05, 0.1) is 37.3 Å². The molecule has 0 saturated carbocycles. The van der Waals surface area contributed by atoms with E-state index >= 15 is 0 Å². The molecular weight excluding hydrogens is 452 g/mol. The van der Waals surface area contributed by atoms with Crippen LogP contribution in [0.25, 0.3) is 16.1 Å². The number of benzene rings is 2. The number of amides is 2. The highest BCUT2D eigenvalue weighted by molar-refractivity contribution is 6.31. The SMILES string of the molecule is [C-]#[N+]c1ccc(CC(=O)N2CCn3nc(-c4cc(Cl)cc(N(C)C)c4)c(C(N)=O)c3C2)cc1C. The number of rotatable bonds is 5. The van der Waals surface area contributed by atoms with Crippen LogP contribution in [0.4, 0.5) is 11.4 Å². The third kappa shape index (κ3) is 4.47. The molecule has 2 aromatic carbocycles. The van der Waals surface area contributed by atoms with Gasteiger partial charge in [0.1, 0.15) is 5.69 Å². The monoisotopic (exact) mass is 476 g/mol. The summed E-state index contributed by atoms with van der Waals surface area (Å²) in [5.74, 6) is -0.653. The Morgan fingerprint density at radius 2 is 1.97 bits per heavy atom. The van der Waals surface area contributed by atoms with Gasteiger partial charge in [-0.25, -0.2) is 4.85 Å². The Labute approximate surface area is 203 Å². The molecule has 0 bridgehead atoms. The van der Waals surface area contributed by atoms with Crippen LogP contribution in [0.2, 0.25) is 5.02 Å². The van der Waals surface area contributed by atoms with Crippen LogP contribution in [-0.2, 0) is 24.3 Å². The second kappa shape index (κ2) is 9.20. The predicted octanol–water partition coefficient (Wildman–Crippen LogP) is 3.81. The first-order valence-corrected chi connectivity index (χ1v) is 11.2. The van der Waals surface area contributed by atoms with E-state index in [1.54, 1.807) is 27.8 Å². The van der Waals surface area contributed by atoms with Crippen LogP contribution in [-0.4, -0.2) is 47.1 Å². The van der Waals surface area contributed by atoms with Crippen molar-refractivity contribution in [3.63, 3.8) is 0 Å². The lowest BCUT2D eigenvalue weighted by molar-refractivity contribution is -0.132. The highest BCUT2D eigenvalue weighted by Gasteiger charge is 2.30. The van der Waals surface area contributed by atoms with E-state index in [-0.39, 0.29) is 18.9 Å². The van der Waals surface area contributed by atoms with Gasteiger partial charge in [-0.3, -0.25) is 14.3 Å². The zero-order valence-corrected chi connectivity index (χ0v) is 20.1. The van der Waals surface area contributed by atoms with Gasteiger partial charge in [0.2, 0.25) is 5.91 Å². The molecule has 3 aromatic rings. The van der Waals surface area contributed by atoms with Crippen LogP contribution in [0.15, 0.2) is 36.4 Å². The molecule has 0 radical (unpaired) electrons. The van der Waals surface area contributed by atoms with Gasteiger partial charge in [0, 0.05) is 36.9 Å². The molecule has 1 aliphatic rings. The summed E-state index contributed by atoms with van der Waals surface area (Å²) in [6.07, 6.45) is 0.215. The minimum atomic E-state index is -0.595. The number of nitrogens with zero attached hydrogens (tertiary/aromatic N) is 5. The van der Waals surface area contributed by atoms with Gasteiger partial charge >= 0.3 is 0 Å². The summed E-state index contributed by atoms with van der Waals surface area (Å²) in [7, 11) is 3.81. The molecule has 2 amide bonds. The lowest BCUT2D eigenvalue weighted by Crippen LogP contribution is -2.40. The number of fused-ring (bicyclic) bond motifs is 1. The Balaban J connectivity index is 1.64. The molecule has 0 atom stereocenters. The van der Waals surface area contributed by atoms with E-state index in [9.17, 15) is 9.59 Å². The van der Waals surface area contributed by atoms with Crippen molar-refractivity contribution in [2.45, 2.75) is 26.4 Å². The zero-order valence-electron chi connectivity index (χ0n) is 19.3. The lowest BCUT2D eigenvalue weighted by Gasteiger charge is -2.28. The van der Waals surface area contributed by atoms with E-state index < -0.39 is 5.91 Å². The number of anilines is 1. The number of nitrogens with two attached hydrogens (primary N) is 1. The van der Waals surface area contributed by atoms with Crippen molar-refractivity contribution in [3.8, 4) is 11.3 Å².